The Hall–Kier alpha value is -4.33. The Morgan fingerprint density at radius 1 is 0.833 bits per heavy atom. The molecule has 0 amide bonds. The van der Waals surface area contributed by atoms with Gasteiger partial charge in [0.2, 0.25) is 24.2 Å². The molecule has 3 saturated heterocycles. The summed E-state index contributed by atoms with van der Waals surface area (Å²) in [5.74, 6) is -0.617. The van der Waals surface area contributed by atoms with E-state index in [9.17, 15) is 67.8 Å². The first-order valence-electron chi connectivity index (χ1n) is 23.1. The second kappa shape index (κ2) is 23.6. The van der Waals surface area contributed by atoms with Gasteiger partial charge in [-0.1, -0.05) is 0 Å². The summed E-state index contributed by atoms with van der Waals surface area (Å²) in [5.41, 5.74) is 4.44. The number of hydrogen-bond donors (Lipinski definition) is 11. The molecule has 12 N–H and O–H groups in total. The lowest BCUT2D eigenvalue weighted by molar-refractivity contribution is -0.682. The normalized spacial score (nSPS) is 31.3. The number of guanidine groups is 1. The van der Waals surface area contributed by atoms with E-state index < -0.39 is 142 Å². The van der Waals surface area contributed by atoms with Gasteiger partial charge in [-0.25, -0.2) is 38.0 Å². The number of H-pyrrole nitrogens is 1. The van der Waals surface area contributed by atoms with Gasteiger partial charge in [0.1, 0.15) is 54.6 Å². The predicted molar refractivity (Wildman–Crippen MR) is 253 cm³/mol. The highest BCUT2D eigenvalue weighted by Gasteiger charge is 2.53. The van der Waals surface area contributed by atoms with Gasteiger partial charge in [0.15, 0.2) is 30.1 Å². The summed E-state index contributed by atoms with van der Waals surface area (Å²) in [6.45, 7) is 0.470. The standard InChI is InChI=1S/C37H56N12O25P4/c1-16(2)42-36-44-31-23(32(54)45-36)46(3)15-49(31)33-24(51)17(7-9-64-4)18(69-33)10-67-76(58,59)73-78(62,63)74-77(60,61)68-12-20-27(28(65-5)35(71-20)48-14-41-22-29(38)39-13-40-30(22)48)72-75(56,57)66-11-19-25(52)26(53)34(70-19)47-8-6-21(50)43-37(47)55/h6,8,13-20,24-28,32-35,51-54H,7,9-12H2,1-5H3,(H8-,38,39,40,42,43,44,45,50,55,56,57,58,59,60,61,62,63)/t17-,18-,19-,20?,24-,25-,26-,27-,28-,32?,33-,34-,35-/m1/s1. The first kappa shape index (κ1) is 59.8. The second-order valence-corrected chi connectivity index (χ2v) is 24.0. The number of methoxy groups -OCH3 is 2. The number of rotatable bonds is 23. The van der Waals surface area contributed by atoms with Crippen molar-refractivity contribution in [3.05, 3.63) is 57.8 Å². The summed E-state index contributed by atoms with van der Waals surface area (Å²) in [4.78, 5) is 87.8. The van der Waals surface area contributed by atoms with Crippen LogP contribution in [-0.2, 0) is 75.7 Å². The van der Waals surface area contributed by atoms with Gasteiger partial charge in [-0.15, -0.1) is 0 Å². The van der Waals surface area contributed by atoms with E-state index in [1.54, 1.807) is 7.05 Å². The average molecular weight is 1190 g/mol. The third-order valence-electron chi connectivity index (χ3n) is 12.3. The van der Waals surface area contributed by atoms with E-state index in [1.807, 2.05) is 18.8 Å². The highest BCUT2D eigenvalue weighted by molar-refractivity contribution is 7.66. The number of aliphatic imine (C=N–C) groups is 1. The number of phosphoric acid groups is 4. The summed E-state index contributed by atoms with van der Waals surface area (Å²) in [6.07, 6.45) is -14.3. The molecule has 4 aliphatic rings. The summed E-state index contributed by atoms with van der Waals surface area (Å²) >= 11 is 0. The summed E-state index contributed by atoms with van der Waals surface area (Å²) in [7, 11) is -19.6. The quantitative estimate of drug-likeness (QED) is 0.0254. The smallest absolute Gasteiger partial charge is 0.490 e. The number of aromatic nitrogens is 8. The molecule has 4 aromatic rings. The van der Waals surface area contributed by atoms with Crippen molar-refractivity contribution in [2.24, 2.45) is 18.0 Å². The lowest BCUT2D eigenvalue weighted by Gasteiger charge is -2.31. The third-order valence-corrected chi connectivity index (χ3v) is 17.5. The number of anilines is 1. The van der Waals surface area contributed by atoms with Crippen molar-refractivity contribution in [3.8, 4) is 0 Å². The summed E-state index contributed by atoms with van der Waals surface area (Å²) in [5, 5.41) is 49.6. The zero-order valence-corrected chi connectivity index (χ0v) is 45.0. The zero-order chi connectivity index (χ0) is 56.8. The van der Waals surface area contributed by atoms with Crippen molar-refractivity contribution in [1.29, 1.82) is 0 Å². The average Bonchev–Trinajstić information content (AvgIpc) is 4.32. The molecule has 6 unspecified atom stereocenters. The van der Waals surface area contributed by atoms with Gasteiger partial charge in [-0.05, 0) is 20.3 Å². The summed E-state index contributed by atoms with van der Waals surface area (Å²) < 4.78 is 115. The lowest BCUT2D eigenvalue weighted by atomic mass is 9.95. The first-order valence-corrected chi connectivity index (χ1v) is 29.1. The van der Waals surface area contributed by atoms with Gasteiger partial charge in [-0.2, -0.15) is 18.2 Å². The van der Waals surface area contributed by atoms with Crippen LogP contribution in [0.3, 0.4) is 0 Å². The van der Waals surface area contributed by atoms with Crippen LogP contribution in [-0.4, -0.2) is 170 Å². The number of nitrogen functional groups attached to an aromatic ring is 1. The topological polar surface area (TPSA) is 504 Å². The minimum atomic E-state index is -6.18. The number of aryl methyl sites for hydroxylation is 1. The number of imidazole rings is 2. The Balaban J connectivity index is 0.938. The van der Waals surface area contributed by atoms with Crippen molar-refractivity contribution < 1.29 is 113 Å². The van der Waals surface area contributed by atoms with Gasteiger partial charge >= 0.3 is 29.2 Å². The predicted octanol–water partition coefficient (Wildman–Crippen LogP) is -3.46. The molecule has 0 bridgehead atoms. The van der Waals surface area contributed by atoms with Gasteiger partial charge < -0.3 is 89.1 Å². The molecule has 4 aromatic heterocycles. The molecule has 434 valence electrons. The molecule has 0 aromatic carbocycles. The maximum Gasteiger partial charge on any atom is 0.490 e. The van der Waals surface area contributed by atoms with Crippen molar-refractivity contribution in [1.82, 2.24) is 44.3 Å². The Morgan fingerprint density at radius 3 is 2.13 bits per heavy atom. The Bertz CT molecular complexity index is 3160. The van der Waals surface area contributed by atoms with Crippen LogP contribution in [0.25, 0.3) is 11.2 Å². The number of phosphoric ester groups is 3. The van der Waals surface area contributed by atoms with Gasteiger partial charge in [0, 0.05) is 45.0 Å². The summed E-state index contributed by atoms with van der Waals surface area (Å²) in [6, 6.07) is 0.818. The molecule has 17 atom stereocenters. The maximum atomic E-state index is 13.5. The van der Waals surface area contributed by atoms with Gasteiger partial charge in [0.25, 0.3) is 19.2 Å². The maximum absolute atomic E-state index is 13.5. The number of aliphatic hydroxyl groups is 4. The van der Waals surface area contributed by atoms with Crippen LogP contribution in [0, 0.1) is 5.92 Å². The van der Waals surface area contributed by atoms with Crippen molar-refractivity contribution in [2.45, 2.75) is 100 Å². The number of nitrogens with one attached hydrogen (secondary N) is 3. The SMILES string of the molecule is COCC[C@H]1[C@@H](O)[C@H](n2c[n+](C)c3c2N=C(NC(C)C)NC3O)O[C@@H]1COP(=O)(O)OP(=O)(O)OP(=O)(O)OCC1O[C@@H](n2cnc3c(N)ncnc32)[C@H](OC)[C@@H]1OP(=O)([O-])OC[C@H]1O[C@@H](n2ccc(=O)[nH]c2=O)[C@H](O)[C@@H]1O. The molecule has 0 aliphatic carbocycles. The Morgan fingerprint density at radius 2 is 1.47 bits per heavy atom. The number of nitrogens with zero attached hydrogens (tertiary/aromatic N) is 8. The van der Waals surface area contributed by atoms with Crippen LogP contribution in [0.5, 0.6) is 0 Å². The van der Waals surface area contributed by atoms with E-state index in [2.05, 4.69) is 39.2 Å². The largest absolute Gasteiger partial charge is 0.756 e. The molecular weight excluding hydrogens is 1140 g/mol. The van der Waals surface area contributed by atoms with E-state index in [-0.39, 0.29) is 47.8 Å². The number of aromatic amines is 1. The van der Waals surface area contributed by atoms with Crippen LogP contribution in [0.15, 0.2) is 45.8 Å². The minimum absolute atomic E-state index is 0.0000808. The molecule has 0 saturated carbocycles. The van der Waals surface area contributed by atoms with E-state index in [4.69, 9.17) is 47.5 Å². The molecule has 37 nitrogen and oxygen atoms in total. The molecule has 0 spiro atoms. The van der Waals surface area contributed by atoms with Crippen molar-refractivity contribution in [2.75, 3.05) is 46.4 Å². The van der Waals surface area contributed by atoms with Crippen molar-refractivity contribution >= 4 is 60.0 Å². The van der Waals surface area contributed by atoms with Crippen LogP contribution in [0.1, 0.15) is 50.9 Å². The molecule has 8 rings (SSSR count). The van der Waals surface area contributed by atoms with Crippen LogP contribution in [0.2, 0.25) is 0 Å². The number of ether oxygens (including phenoxy) is 5. The number of aliphatic hydroxyl groups excluding tert-OH is 4. The Labute approximate surface area is 438 Å². The molecule has 0 radical (unpaired) electrons. The minimum Gasteiger partial charge on any atom is -0.756 e. The molecule has 4 aliphatic heterocycles. The zero-order valence-electron chi connectivity index (χ0n) is 41.4. The van der Waals surface area contributed by atoms with E-state index in [1.165, 1.54) is 27.1 Å². The monoisotopic (exact) mass is 1190 g/mol. The highest BCUT2D eigenvalue weighted by Crippen LogP contribution is 2.68. The second-order valence-electron chi connectivity index (χ2n) is 18.0. The van der Waals surface area contributed by atoms with E-state index >= 15 is 0 Å². The van der Waals surface area contributed by atoms with E-state index in [0.717, 1.165) is 36.6 Å². The van der Waals surface area contributed by atoms with Gasteiger partial charge in [-0.3, -0.25) is 32.5 Å². The third kappa shape index (κ3) is 13.2. The van der Waals surface area contributed by atoms with Crippen LogP contribution < -0.4 is 37.1 Å². The molecular formula is C37H56N12O25P4. The lowest BCUT2D eigenvalue weighted by Crippen LogP contribution is -2.47. The van der Waals surface area contributed by atoms with E-state index in [0.29, 0.717) is 5.69 Å². The fourth-order valence-electron chi connectivity index (χ4n) is 8.92. The number of fused-ring (bicyclic) bond motifs is 2. The fourth-order valence-corrected chi connectivity index (χ4v) is 13.4. The van der Waals surface area contributed by atoms with Crippen molar-refractivity contribution in [3.63, 3.8) is 0 Å². The Kier molecular flexibility index (Phi) is 18.1. The molecule has 8 heterocycles. The molecule has 41 heteroatoms. The molecule has 78 heavy (non-hydrogen) atoms. The van der Waals surface area contributed by atoms with Gasteiger partial charge in [0.05, 0.1) is 39.3 Å². The van der Waals surface area contributed by atoms with Crippen LogP contribution in [0.4, 0.5) is 11.6 Å². The number of hydrogen-bond acceptors (Lipinski definition) is 29. The first-order chi connectivity index (χ1) is 36.6. The highest BCUT2D eigenvalue weighted by atomic mass is 31.3. The molecule has 3 fully saturated rings. The number of nitrogens with two attached hydrogens (primary N) is 1. The van der Waals surface area contributed by atoms with Crippen LogP contribution >= 0.6 is 31.3 Å². The fraction of sp³-hybridized carbons (Fsp3) is 0.649.